The summed E-state index contributed by atoms with van der Waals surface area (Å²) in [4.78, 5) is 19.8. The summed E-state index contributed by atoms with van der Waals surface area (Å²) in [5, 5.41) is 2.27. The molecule has 0 fully saturated rings. The Bertz CT molecular complexity index is 999. The Morgan fingerprint density at radius 3 is 2.48 bits per heavy atom. The molecule has 4 rings (SSSR count). The fraction of sp³-hybridized carbons (Fsp3) is 0.100. The molecule has 0 aliphatic carbocycles. The average molecular weight is 332 g/mol. The topological polar surface area (TPSA) is 64.2 Å². The van der Waals surface area contributed by atoms with E-state index in [-0.39, 0.29) is 6.61 Å². The van der Waals surface area contributed by atoms with Gasteiger partial charge in [0.25, 0.3) is 0 Å². The van der Waals surface area contributed by atoms with Crippen LogP contribution in [0, 0.1) is 0 Å². The number of imidazole rings is 1. The van der Waals surface area contributed by atoms with Crippen molar-refractivity contribution in [2.24, 2.45) is 0 Å². The molecular weight excluding hydrogens is 316 g/mol. The summed E-state index contributed by atoms with van der Waals surface area (Å²) in [6.07, 6.45) is 0. The van der Waals surface area contributed by atoms with Gasteiger partial charge in [-0.25, -0.2) is 9.78 Å². The molecule has 0 spiro atoms. The highest BCUT2D eigenvalue weighted by Crippen LogP contribution is 2.21. The fourth-order valence-corrected chi connectivity index (χ4v) is 2.76. The number of H-pyrrole nitrogens is 1. The van der Waals surface area contributed by atoms with Gasteiger partial charge in [0.15, 0.2) is 0 Å². The largest absolute Gasteiger partial charge is 0.497 e. The summed E-state index contributed by atoms with van der Waals surface area (Å²) in [7, 11) is 1.58. The number of fused-ring (bicyclic) bond motifs is 2. The van der Waals surface area contributed by atoms with Crippen LogP contribution in [-0.4, -0.2) is 23.0 Å². The van der Waals surface area contributed by atoms with Crippen LogP contribution >= 0.6 is 0 Å². The molecule has 0 aliphatic heterocycles. The second-order valence-electron chi connectivity index (χ2n) is 5.70. The smallest absolute Gasteiger partial charge is 0.338 e. The number of nitrogens with one attached hydrogen (secondary N) is 1. The van der Waals surface area contributed by atoms with Crippen molar-refractivity contribution in [2.45, 2.75) is 6.61 Å². The van der Waals surface area contributed by atoms with Gasteiger partial charge in [0, 0.05) is 0 Å². The molecular formula is C20H16N2O3. The molecule has 5 heteroatoms. The van der Waals surface area contributed by atoms with Crippen LogP contribution in [0.15, 0.2) is 60.7 Å². The summed E-state index contributed by atoms with van der Waals surface area (Å²) in [6.45, 7) is 0.0931. The summed E-state index contributed by atoms with van der Waals surface area (Å²) in [5.41, 5.74) is 2.26. The van der Waals surface area contributed by atoms with Crippen LogP contribution in [0.3, 0.4) is 0 Å². The van der Waals surface area contributed by atoms with Crippen molar-refractivity contribution in [1.29, 1.82) is 0 Å². The Labute approximate surface area is 144 Å². The second-order valence-corrected chi connectivity index (χ2v) is 5.70. The minimum absolute atomic E-state index is 0.0931. The van der Waals surface area contributed by atoms with Gasteiger partial charge in [-0.2, -0.15) is 0 Å². The van der Waals surface area contributed by atoms with Crippen LogP contribution < -0.4 is 4.74 Å². The molecule has 1 heterocycles. The number of hydrogen-bond acceptors (Lipinski definition) is 4. The third kappa shape index (κ3) is 3.04. The zero-order chi connectivity index (χ0) is 17.2. The molecule has 124 valence electrons. The lowest BCUT2D eigenvalue weighted by Gasteiger charge is -2.04. The van der Waals surface area contributed by atoms with E-state index in [1.165, 1.54) is 0 Å². The molecule has 0 amide bonds. The van der Waals surface area contributed by atoms with Crippen LogP contribution in [0.25, 0.3) is 21.8 Å². The normalized spacial score (nSPS) is 10.9. The molecule has 0 saturated heterocycles. The first-order chi connectivity index (χ1) is 12.2. The fourth-order valence-electron chi connectivity index (χ4n) is 2.76. The minimum atomic E-state index is -0.395. The summed E-state index contributed by atoms with van der Waals surface area (Å²) in [5.74, 6) is 0.918. The number of carbonyl (C=O) groups is 1. The van der Waals surface area contributed by atoms with E-state index in [0.29, 0.717) is 17.1 Å². The van der Waals surface area contributed by atoms with Crippen molar-refractivity contribution < 1.29 is 14.3 Å². The Balaban J connectivity index is 1.51. The van der Waals surface area contributed by atoms with Gasteiger partial charge in [-0.1, -0.05) is 24.3 Å². The molecule has 0 saturated carbocycles. The maximum Gasteiger partial charge on any atom is 0.338 e. The third-order valence-electron chi connectivity index (χ3n) is 4.06. The maximum absolute atomic E-state index is 12.1. The van der Waals surface area contributed by atoms with Crippen LogP contribution in [0.4, 0.5) is 0 Å². The van der Waals surface area contributed by atoms with Gasteiger partial charge < -0.3 is 14.5 Å². The first-order valence-corrected chi connectivity index (χ1v) is 7.91. The molecule has 0 unspecified atom stereocenters. The SMILES string of the molecule is COc1ccc(C(=O)OCc2nc3cc4ccccc4cc3[nH]2)cc1. The molecule has 1 N–H and O–H groups in total. The highest BCUT2D eigenvalue weighted by atomic mass is 16.5. The first-order valence-electron chi connectivity index (χ1n) is 7.91. The molecule has 0 bridgehead atoms. The first kappa shape index (κ1) is 15.2. The number of nitrogens with zero attached hydrogens (tertiary/aromatic N) is 1. The number of rotatable bonds is 4. The van der Waals surface area contributed by atoms with Crippen LogP contribution in [0.5, 0.6) is 5.75 Å². The molecule has 0 radical (unpaired) electrons. The lowest BCUT2D eigenvalue weighted by Crippen LogP contribution is -2.06. The summed E-state index contributed by atoms with van der Waals surface area (Å²) in [6, 6.07) is 19.0. The van der Waals surface area contributed by atoms with Crippen molar-refractivity contribution in [2.75, 3.05) is 7.11 Å². The highest BCUT2D eigenvalue weighted by molar-refractivity contribution is 5.95. The van der Waals surface area contributed by atoms with E-state index in [2.05, 4.69) is 16.0 Å². The van der Waals surface area contributed by atoms with Gasteiger partial charge in [0.1, 0.15) is 18.2 Å². The van der Waals surface area contributed by atoms with Crippen LogP contribution in [0.1, 0.15) is 16.2 Å². The molecule has 3 aromatic carbocycles. The van der Waals surface area contributed by atoms with Gasteiger partial charge in [0.2, 0.25) is 0 Å². The Kier molecular flexibility index (Phi) is 3.82. The zero-order valence-electron chi connectivity index (χ0n) is 13.7. The quantitative estimate of drug-likeness (QED) is 0.572. The monoisotopic (exact) mass is 332 g/mol. The Hall–Kier alpha value is -3.34. The molecule has 0 aliphatic rings. The van der Waals surface area contributed by atoms with Crippen molar-refractivity contribution in [3.63, 3.8) is 0 Å². The molecule has 0 atom stereocenters. The number of methoxy groups -OCH3 is 1. The van der Waals surface area contributed by atoms with Crippen LogP contribution in [0.2, 0.25) is 0 Å². The predicted molar refractivity (Wildman–Crippen MR) is 95.7 cm³/mol. The van der Waals surface area contributed by atoms with E-state index in [9.17, 15) is 4.79 Å². The Morgan fingerprint density at radius 1 is 1.04 bits per heavy atom. The van der Waals surface area contributed by atoms with Gasteiger partial charge in [-0.05, 0) is 47.2 Å². The van der Waals surface area contributed by atoms with E-state index in [1.54, 1.807) is 31.4 Å². The van der Waals surface area contributed by atoms with Crippen LogP contribution in [-0.2, 0) is 11.3 Å². The lowest BCUT2D eigenvalue weighted by molar-refractivity contribution is 0.0463. The number of hydrogen-bond donors (Lipinski definition) is 1. The van der Waals surface area contributed by atoms with Gasteiger partial charge in [-0.15, -0.1) is 0 Å². The number of aromatic amines is 1. The average Bonchev–Trinajstić information content (AvgIpc) is 3.06. The predicted octanol–water partition coefficient (Wildman–Crippen LogP) is 4.08. The number of benzene rings is 3. The van der Waals surface area contributed by atoms with E-state index in [0.717, 1.165) is 21.8 Å². The molecule has 5 nitrogen and oxygen atoms in total. The molecule has 4 aromatic rings. The van der Waals surface area contributed by atoms with Crippen molar-refractivity contribution >= 4 is 27.8 Å². The van der Waals surface area contributed by atoms with E-state index < -0.39 is 5.97 Å². The number of ether oxygens (including phenoxy) is 2. The van der Waals surface area contributed by atoms with Crippen molar-refractivity contribution in [1.82, 2.24) is 9.97 Å². The standard InChI is InChI=1S/C20H16N2O3/c1-24-16-8-6-13(7-9-16)20(23)25-12-19-21-17-10-14-4-2-3-5-15(14)11-18(17)22-19/h2-11H,12H2,1H3,(H,21,22). The maximum atomic E-state index is 12.1. The highest BCUT2D eigenvalue weighted by Gasteiger charge is 2.10. The minimum Gasteiger partial charge on any atom is -0.497 e. The number of esters is 1. The van der Waals surface area contributed by atoms with E-state index in [1.807, 2.05) is 30.3 Å². The van der Waals surface area contributed by atoms with Crippen molar-refractivity contribution in [3.05, 3.63) is 72.1 Å². The number of aromatic nitrogens is 2. The molecule has 1 aromatic heterocycles. The zero-order valence-corrected chi connectivity index (χ0v) is 13.7. The van der Waals surface area contributed by atoms with Crippen molar-refractivity contribution in [3.8, 4) is 5.75 Å². The van der Waals surface area contributed by atoms with Gasteiger partial charge in [0.05, 0.1) is 23.7 Å². The van der Waals surface area contributed by atoms with E-state index >= 15 is 0 Å². The third-order valence-corrected chi connectivity index (χ3v) is 4.06. The molecule has 25 heavy (non-hydrogen) atoms. The Morgan fingerprint density at radius 2 is 1.76 bits per heavy atom. The van der Waals surface area contributed by atoms with Gasteiger partial charge in [-0.3, -0.25) is 0 Å². The second kappa shape index (κ2) is 6.28. The number of carbonyl (C=O) groups excluding carboxylic acids is 1. The lowest BCUT2D eigenvalue weighted by atomic mass is 10.1. The summed E-state index contributed by atoms with van der Waals surface area (Å²) < 4.78 is 10.4. The van der Waals surface area contributed by atoms with E-state index in [4.69, 9.17) is 9.47 Å². The van der Waals surface area contributed by atoms with Gasteiger partial charge >= 0.3 is 5.97 Å². The summed E-state index contributed by atoms with van der Waals surface area (Å²) >= 11 is 0.